The van der Waals surface area contributed by atoms with Crippen molar-refractivity contribution in [3.05, 3.63) is 81.8 Å². The molecule has 128 valence electrons. The monoisotopic (exact) mass is 333 g/mol. The van der Waals surface area contributed by atoms with Gasteiger partial charge in [-0.15, -0.1) is 0 Å². The molecule has 1 aromatic heterocycles. The fourth-order valence-electron chi connectivity index (χ4n) is 2.84. The molecule has 3 rings (SSSR count). The first kappa shape index (κ1) is 17.0. The predicted octanol–water partition coefficient (Wildman–Crippen LogP) is 3.74. The maximum Gasteiger partial charge on any atom is 0.254 e. The van der Waals surface area contributed by atoms with Gasteiger partial charge in [0.1, 0.15) is 0 Å². The summed E-state index contributed by atoms with van der Waals surface area (Å²) < 4.78 is 1.34. The predicted molar refractivity (Wildman–Crippen MR) is 103 cm³/mol. The normalized spacial score (nSPS) is 11.0. The minimum Gasteiger partial charge on any atom is -0.369 e. The molecule has 0 unspecified atom stereocenters. The molecule has 4 nitrogen and oxygen atoms in total. The molecule has 4 heteroatoms. The van der Waals surface area contributed by atoms with Crippen LogP contribution in [0.1, 0.15) is 36.6 Å². The van der Waals surface area contributed by atoms with Gasteiger partial charge in [-0.3, -0.25) is 9.36 Å². The molecular formula is C21H23N3O. The van der Waals surface area contributed by atoms with Crippen LogP contribution in [0.25, 0.3) is 11.1 Å². The molecule has 0 radical (unpaired) electrons. The quantitative estimate of drug-likeness (QED) is 0.791. The van der Waals surface area contributed by atoms with Crippen molar-refractivity contribution in [2.24, 2.45) is 7.05 Å². The third kappa shape index (κ3) is 3.79. The first-order valence-electron chi connectivity index (χ1n) is 8.46. The number of aromatic nitrogens is 2. The van der Waals surface area contributed by atoms with E-state index in [-0.39, 0.29) is 11.5 Å². The topological polar surface area (TPSA) is 60.9 Å². The highest BCUT2D eigenvalue weighted by Crippen LogP contribution is 2.25. The summed E-state index contributed by atoms with van der Waals surface area (Å²) >= 11 is 0. The fraction of sp³-hybridized carbons (Fsp3) is 0.238. The second kappa shape index (κ2) is 6.93. The second-order valence-electron chi connectivity index (χ2n) is 6.66. The van der Waals surface area contributed by atoms with E-state index in [1.165, 1.54) is 15.7 Å². The molecule has 0 saturated carbocycles. The molecule has 3 aromatic rings. The minimum atomic E-state index is -0.136. The van der Waals surface area contributed by atoms with Crippen molar-refractivity contribution in [3.8, 4) is 11.1 Å². The van der Waals surface area contributed by atoms with E-state index in [1.54, 1.807) is 13.1 Å². The molecule has 0 saturated heterocycles. The Labute approximate surface area is 148 Å². The van der Waals surface area contributed by atoms with Crippen molar-refractivity contribution in [1.29, 1.82) is 0 Å². The van der Waals surface area contributed by atoms with Gasteiger partial charge < -0.3 is 5.73 Å². The summed E-state index contributed by atoms with van der Waals surface area (Å²) in [4.78, 5) is 16.2. The average Bonchev–Trinajstić information content (AvgIpc) is 2.60. The molecule has 0 amide bonds. The minimum absolute atomic E-state index is 0.136. The Morgan fingerprint density at radius 1 is 1.04 bits per heavy atom. The number of nitrogen functional groups attached to an aromatic ring is 1. The van der Waals surface area contributed by atoms with Crippen LogP contribution in [0.5, 0.6) is 0 Å². The standard InChI is InChI=1S/C21H23N3O/c1-14(2)16-7-5-9-18(12-16)17-8-4-6-15(10-17)11-19-13-20(25)24(3)21(22)23-19/h4-10,12-14H,11H2,1-3H3,(H2,22,23). The highest BCUT2D eigenvalue weighted by molar-refractivity contribution is 5.65. The molecule has 0 aliphatic heterocycles. The first-order chi connectivity index (χ1) is 11.9. The van der Waals surface area contributed by atoms with Gasteiger partial charge in [0.15, 0.2) is 0 Å². The number of anilines is 1. The fourth-order valence-corrected chi connectivity index (χ4v) is 2.84. The van der Waals surface area contributed by atoms with E-state index in [2.05, 4.69) is 55.2 Å². The Hall–Kier alpha value is -2.88. The number of rotatable bonds is 4. The van der Waals surface area contributed by atoms with E-state index in [0.717, 1.165) is 11.1 Å². The Kier molecular flexibility index (Phi) is 4.70. The van der Waals surface area contributed by atoms with Gasteiger partial charge in [0.25, 0.3) is 5.56 Å². The highest BCUT2D eigenvalue weighted by Gasteiger charge is 2.06. The van der Waals surface area contributed by atoms with Crippen molar-refractivity contribution >= 4 is 5.95 Å². The summed E-state index contributed by atoms with van der Waals surface area (Å²) in [7, 11) is 1.62. The molecule has 2 aromatic carbocycles. The van der Waals surface area contributed by atoms with E-state index in [4.69, 9.17) is 5.73 Å². The molecule has 25 heavy (non-hydrogen) atoms. The van der Waals surface area contributed by atoms with Crippen molar-refractivity contribution in [2.75, 3.05) is 5.73 Å². The molecule has 2 N–H and O–H groups in total. The smallest absolute Gasteiger partial charge is 0.254 e. The van der Waals surface area contributed by atoms with Crippen LogP contribution >= 0.6 is 0 Å². The number of nitrogens with two attached hydrogens (primary N) is 1. The van der Waals surface area contributed by atoms with E-state index < -0.39 is 0 Å². The molecule has 0 fully saturated rings. The number of hydrogen-bond donors (Lipinski definition) is 1. The Balaban J connectivity index is 1.92. The Bertz CT molecular complexity index is 957. The second-order valence-corrected chi connectivity index (χ2v) is 6.66. The van der Waals surface area contributed by atoms with Crippen LogP contribution in [0, 0.1) is 0 Å². The van der Waals surface area contributed by atoms with Crippen LogP contribution in [-0.4, -0.2) is 9.55 Å². The van der Waals surface area contributed by atoms with E-state index in [9.17, 15) is 4.79 Å². The van der Waals surface area contributed by atoms with Gasteiger partial charge in [-0.05, 0) is 28.2 Å². The summed E-state index contributed by atoms with van der Waals surface area (Å²) in [6.45, 7) is 4.39. The first-order valence-corrected chi connectivity index (χ1v) is 8.46. The molecule has 0 aliphatic rings. The molecule has 0 spiro atoms. The highest BCUT2D eigenvalue weighted by atomic mass is 16.1. The van der Waals surface area contributed by atoms with Crippen LogP contribution in [0.3, 0.4) is 0 Å². The summed E-state index contributed by atoms with van der Waals surface area (Å²) in [5.41, 5.74) is 11.1. The summed E-state index contributed by atoms with van der Waals surface area (Å²) in [5, 5.41) is 0. The van der Waals surface area contributed by atoms with E-state index in [1.807, 2.05) is 12.1 Å². The van der Waals surface area contributed by atoms with Crippen molar-refractivity contribution in [3.63, 3.8) is 0 Å². The zero-order chi connectivity index (χ0) is 18.0. The lowest BCUT2D eigenvalue weighted by atomic mass is 9.96. The van der Waals surface area contributed by atoms with Crippen molar-refractivity contribution in [1.82, 2.24) is 9.55 Å². The largest absolute Gasteiger partial charge is 0.369 e. The average molecular weight is 333 g/mol. The van der Waals surface area contributed by atoms with Crippen LogP contribution in [0.2, 0.25) is 0 Å². The SMILES string of the molecule is CC(C)c1cccc(-c2cccc(Cc3cc(=O)n(C)c(N)n3)c2)c1. The zero-order valence-corrected chi connectivity index (χ0v) is 14.9. The molecule has 1 heterocycles. The zero-order valence-electron chi connectivity index (χ0n) is 14.9. The van der Waals surface area contributed by atoms with Gasteiger partial charge in [-0.1, -0.05) is 62.4 Å². The third-order valence-corrected chi connectivity index (χ3v) is 4.42. The van der Waals surface area contributed by atoms with Gasteiger partial charge in [0, 0.05) is 19.5 Å². The number of hydrogen-bond acceptors (Lipinski definition) is 3. The van der Waals surface area contributed by atoms with Gasteiger partial charge >= 0.3 is 0 Å². The molecule has 0 aliphatic carbocycles. The van der Waals surface area contributed by atoms with Gasteiger partial charge in [0.05, 0.1) is 5.69 Å². The summed E-state index contributed by atoms with van der Waals surface area (Å²) in [6.07, 6.45) is 0.581. The Morgan fingerprint density at radius 3 is 2.40 bits per heavy atom. The van der Waals surface area contributed by atoms with Gasteiger partial charge in [-0.2, -0.15) is 0 Å². The number of nitrogens with zero attached hydrogens (tertiary/aromatic N) is 2. The molecule has 0 bridgehead atoms. The maximum absolute atomic E-state index is 11.9. The number of benzene rings is 2. The molecular weight excluding hydrogens is 310 g/mol. The van der Waals surface area contributed by atoms with Crippen LogP contribution < -0.4 is 11.3 Å². The summed E-state index contributed by atoms with van der Waals surface area (Å²) in [5.74, 6) is 0.735. The lowest BCUT2D eigenvalue weighted by molar-refractivity contribution is 0.825. The van der Waals surface area contributed by atoms with Gasteiger partial charge in [0.2, 0.25) is 5.95 Å². The molecule has 0 atom stereocenters. The van der Waals surface area contributed by atoms with Gasteiger partial charge in [-0.25, -0.2) is 4.98 Å². The van der Waals surface area contributed by atoms with E-state index in [0.29, 0.717) is 18.0 Å². The van der Waals surface area contributed by atoms with E-state index >= 15 is 0 Å². The summed E-state index contributed by atoms with van der Waals surface area (Å²) in [6, 6.07) is 18.5. The Morgan fingerprint density at radius 2 is 1.72 bits per heavy atom. The van der Waals surface area contributed by atoms with Crippen LogP contribution in [0.4, 0.5) is 5.95 Å². The van der Waals surface area contributed by atoms with Crippen molar-refractivity contribution in [2.45, 2.75) is 26.2 Å². The van der Waals surface area contributed by atoms with Crippen LogP contribution in [0.15, 0.2) is 59.4 Å². The third-order valence-electron chi connectivity index (χ3n) is 4.42. The lowest BCUT2D eigenvalue weighted by Gasteiger charge is -2.10. The lowest BCUT2D eigenvalue weighted by Crippen LogP contribution is -2.21. The van der Waals surface area contributed by atoms with Crippen molar-refractivity contribution < 1.29 is 0 Å². The van der Waals surface area contributed by atoms with Crippen LogP contribution in [-0.2, 0) is 13.5 Å². The maximum atomic E-state index is 11.9.